The maximum Gasteiger partial charge on any atom is 0.333 e. The number of hydrogen-bond donors (Lipinski definition) is 2. The monoisotopic (exact) mass is 379 g/mol. The van der Waals surface area contributed by atoms with Gasteiger partial charge in [0.2, 0.25) is 0 Å². The summed E-state index contributed by atoms with van der Waals surface area (Å²) in [6, 6.07) is 11.3. The fourth-order valence-corrected chi connectivity index (χ4v) is 2.66. The zero-order chi connectivity index (χ0) is 20.3. The molecule has 3 aromatic rings. The van der Waals surface area contributed by atoms with Gasteiger partial charge >= 0.3 is 5.97 Å². The number of ether oxygens (including phenoxy) is 1. The Kier molecular flexibility index (Phi) is 5.26. The van der Waals surface area contributed by atoms with Gasteiger partial charge in [0.25, 0.3) is 10.9 Å². The summed E-state index contributed by atoms with van der Waals surface area (Å²) >= 11 is 0. The summed E-state index contributed by atoms with van der Waals surface area (Å²) in [5, 5.41) is 5.81. The second kappa shape index (κ2) is 7.64. The minimum atomic E-state index is -0.929. The predicted molar refractivity (Wildman–Crippen MR) is 108 cm³/mol. The van der Waals surface area contributed by atoms with E-state index in [1.165, 1.54) is 0 Å². The van der Waals surface area contributed by atoms with E-state index in [9.17, 15) is 14.4 Å². The zero-order valence-corrected chi connectivity index (χ0v) is 15.9. The number of rotatable bonds is 6. The topological polar surface area (TPSA) is 97.4 Å². The number of pyridine rings is 1. The molecule has 1 heterocycles. The first-order valence-electron chi connectivity index (χ1n) is 8.81. The van der Waals surface area contributed by atoms with E-state index in [1.54, 1.807) is 69.6 Å². The van der Waals surface area contributed by atoms with E-state index >= 15 is 0 Å². The van der Waals surface area contributed by atoms with Gasteiger partial charge in [-0.1, -0.05) is 30.3 Å². The fraction of sp³-hybridized carbons (Fsp3) is 0.238. The van der Waals surface area contributed by atoms with E-state index in [0.717, 1.165) is 0 Å². The number of anilines is 3. The Morgan fingerprint density at radius 2 is 1.57 bits per heavy atom. The quantitative estimate of drug-likeness (QED) is 0.502. The van der Waals surface area contributed by atoms with Gasteiger partial charge in [-0.2, -0.15) is 0 Å². The van der Waals surface area contributed by atoms with E-state index in [0.29, 0.717) is 11.3 Å². The molecular weight excluding hydrogens is 358 g/mol. The number of hydrogen-bond acceptors (Lipinski definition) is 7. The number of carbonyl (C=O) groups is 1. The molecule has 1 aromatic heterocycles. The standard InChI is InChI=1S/C21H21N3O4/c1-21(2,3)28-20(27)15(13-7-5-4-6-8-13)24-17-16(18(25)19(17)26)23-14-9-11-22-12-10-14/h4-12,15,24H,1-3H3,(H,22,23)/t15-/m0/s1. The Bertz CT molecular complexity index is 1030. The van der Waals surface area contributed by atoms with E-state index in [4.69, 9.17) is 4.74 Å². The van der Waals surface area contributed by atoms with E-state index in [-0.39, 0.29) is 11.4 Å². The number of esters is 1. The fourth-order valence-electron chi connectivity index (χ4n) is 2.66. The second-order valence-electron chi connectivity index (χ2n) is 7.29. The molecule has 0 aliphatic rings. The Balaban J connectivity index is 1.92. The van der Waals surface area contributed by atoms with Gasteiger partial charge in [0.15, 0.2) is 6.04 Å². The minimum Gasteiger partial charge on any atom is -0.458 e. The van der Waals surface area contributed by atoms with Crippen LogP contribution >= 0.6 is 0 Å². The third kappa shape index (κ3) is 4.25. The molecule has 0 fully saturated rings. The largest absolute Gasteiger partial charge is 0.458 e. The van der Waals surface area contributed by atoms with Crippen molar-refractivity contribution in [2.45, 2.75) is 32.4 Å². The van der Waals surface area contributed by atoms with Crippen LogP contribution < -0.4 is 21.5 Å². The lowest BCUT2D eigenvalue weighted by molar-refractivity contribution is -0.156. The van der Waals surface area contributed by atoms with Crippen LogP contribution in [0.2, 0.25) is 0 Å². The highest BCUT2D eigenvalue weighted by atomic mass is 16.6. The first kappa shape index (κ1) is 19.3. The van der Waals surface area contributed by atoms with Crippen molar-refractivity contribution in [3.8, 4) is 0 Å². The highest BCUT2D eigenvalue weighted by Crippen LogP contribution is 2.27. The molecule has 0 radical (unpaired) electrons. The molecule has 0 amide bonds. The van der Waals surface area contributed by atoms with Crippen LogP contribution in [0.3, 0.4) is 0 Å². The third-order valence-electron chi connectivity index (χ3n) is 3.92. The van der Waals surface area contributed by atoms with Gasteiger partial charge < -0.3 is 15.4 Å². The number of benzene rings is 1. The summed E-state index contributed by atoms with van der Waals surface area (Å²) in [5.41, 5.74) is -0.616. The van der Waals surface area contributed by atoms with Gasteiger partial charge in [0.1, 0.15) is 17.0 Å². The van der Waals surface area contributed by atoms with Crippen LogP contribution in [-0.4, -0.2) is 16.6 Å². The molecule has 2 aromatic carbocycles. The summed E-state index contributed by atoms with van der Waals surface area (Å²) in [4.78, 5) is 40.9. The Hall–Kier alpha value is -3.48. The average molecular weight is 379 g/mol. The third-order valence-corrected chi connectivity index (χ3v) is 3.92. The van der Waals surface area contributed by atoms with Crippen molar-refractivity contribution in [1.82, 2.24) is 4.98 Å². The maximum absolute atomic E-state index is 12.8. The van der Waals surface area contributed by atoms with Crippen LogP contribution in [0.1, 0.15) is 32.4 Å². The number of nitrogens with zero attached hydrogens (tertiary/aromatic N) is 1. The minimum absolute atomic E-state index is 0.0570. The molecule has 144 valence electrons. The molecule has 0 saturated carbocycles. The average Bonchev–Trinajstić information content (AvgIpc) is 2.67. The molecule has 0 unspecified atom stereocenters. The van der Waals surface area contributed by atoms with Crippen LogP contribution in [0.4, 0.5) is 17.1 Å². The summed E-state index contributed by atoms with van der Waals surface area (Å²) in [5.74, 6) is -0.540. The van der Waals surface area contributed by atoms with E-state index < -0.39 is 28.5 Å². The van der Waals surface area contributed by atoms with Crippen molar-refractivity contribution in [3.05, 3.63) is 80.9 Å². The zero-order valence-electron chi connectivity index (χ0n) is 15.9. The van der Waals surface area contributed by atoms with Gasteiger partial charge in [-0.05, 0) is 38.5 Å². The van der Waals surface area contributed by atoms with Gasteiger partial charge in [-0.15, -0.1) is 0 Å². The van der Waals surface area contributed by atoms with Crippen molar-refractivity contribution in [2.24, 2.45) is 0 Å². The summed E-state index contributed by atoms with van der Waals surface area (Å²) in [6.45, 7) is 5.29. The van der Waals surface area contributed by atoms with Gasteiger partial charge in [0.05, 0.1) is 0 Å². The van der Waals surface area contributed by atoms with Crippen LogP contribution in [0.5, 0.6) is 0 Å². The van der Waals surface area contributed by atoms with Crippen LogP contribution in [-0.2, 0) is 9.53 Å². The van der Waals surface area contributed by atoms with Gasteiger partial charge in [-0.3, -0.25) is 14.6 Å². The lowest BCUT2D eigenvalue weighted by Crippen LogP contribution is -2.39. The molecule has 7 heteroatoms. The summed E-state index contributed by atoms with van der Waals surface area (Å²) in [6.07, 6.45) is 3.13. The molecule has 3 rings (SSSR count). The Morgan fingerprint density at radius 1 is 0.964 bits per heavy atom. The van der Waals surface area contributed by atoms with Crippen LogP contribution in [0.15, 0.2) is 64.4 Å². The molecule has 2 N–H and O–H groups in total. The molecule has 1 atom stereocenters. The maximum atomic E-state index is 12.8. The van der Waals surface area contributed by atoms with Crippen LogP contribution in [0, 0.1) is 0 Å². The molecule has 0 bridgehead atoms. The lowest BCUT2D eigenvalue weighted by atomic mass is 10.0. The predicted octanol–water partition coefficient (Wildman–Crippen LogP) is 2.92. The van der Waals surface area contributed by atoms with Crippen molar-refractivity contribution in [2.75, 3.05) is 10.6 Å². The molecule has 7 nitrogen and oxygen atoms in total. The SMILES string of the molecule is CC(C)(C)OC(=O)[C@@H](Nc1c(Nc2ccncc2)c(=O)c1=O)c1ccccc1. The number of aromatic nitrogens is 1. The van der Waals surface area contributed by atoms with Crippen molar-refractivity contribution < 1.29 is 9.53 Å². The van der Waals surface area contributed by atoms with Crippen molar-refractivity contribution >= 4 is 23.0 Å². The summed E-state index contributed by atoms with van der Waals surface area (Å²) in [7, 11) is 0. The highest BCUT2D eigenvalue weighted by Gasteiger charge is 2.31. The molecule has 28 heavy (non-hydrogen) atoms. The van der Waals surface area contributed by atoms with Crippen molar-refractivity contribution in [3.63, 3.8) is 0 Å². The van der Waals surface area contributed by atoms with Gasteiger partial charge in [-0.25, -0.2) is 4.79 Å². The van der Waals surface area contributed by atoms with Gasteiger partial charge in [0, 0.05) is 18.1 Å². The van der Waals surface area contributed by atoms with Crippen LogP contribution in [0.25, 0.3) is 0 Å². The normalized spacial score (nSPS) is 12.4. The van der Waals surface area contributed by atoms with E-state index in [1.807, 2.05) is 6.07 Å². The second-order valence-corrected chi connectivity index (χ2v) is 7.29. The number of nitrogens with one attached hydrogen (secondary N) is 2. The molecule has 0 spiro atoms. The molecular formula is C21H21N3O4. The highest BCUT2D eigenvalue weighted by molar-refractivity contribution is 5.86. The molecule has 0 saturated heterocycles. The smallest absolute Gasteiger partial charge is 0.333 e. The first-order chi connectivity index (χ1) is 13.3. The first-order valence-corrected chi connectivity index (χ1v) is 8.81. The molecule has 0 aliphatic heterocycles. The summed E-state index contributed by atoms with van der Waals surface area (Å²) < 4.78 is 5.49. The van der Waals surface area contributed by atoms with Crippen molar-refractivity contribution in [1.29, 1.82) is 0 Å². The Labute approximate surface area is 162 Å². The van der Waals surface area contributed by atoms with E-state index in [2.05, 4.69) is 15.6 Å². The lowest BCUT2D eigenvalue weighted by Gasteiger charge is -2.26. The molecule has 0 aliphatic carbocycles. The Morgan fingerprint density at radius 3 is 2.18 bits per heavy atom. The number of carbonyl (C=O) groups excluding carboxylic acids is 1.